The number of hydrogen-bond donors (Lipinski definition) is 5. The molecule has 0 amide bonds. The van der Waals surface area contributed by atoms with Crippen molar-refractivity contribution in [1.29, 1.82) is 0 Å². The van der Waals surface area contributed by atoms with Crippen molar-refractivity contribution in [1.82, 2.24) is 34.4 Å². The Morgan fingerprint density at radius 2 is 1.66 bits per heavy atom. The molecule has 1 aliphatic rings. The Bertz CT molecular complexity index is 2740. The maximum atomic E-state index is 14.3. The third-order valence-electron chi connectivity index (χ3n) is 10.0. The van der Waals surface area contributed by atoms with Crippen LogP contribution in [0.3, 0.4) is 0 Å². The van der Waals surface area contributed by atoms with E-state index < -0.39 is 24.1 Å². The number of nitrogens with zero attached hydrogens (tertiary/aromatic N) is 7. The molecule has 1 aliphatic heterocycles. The highest BCUT2D eigenvalue weighted by Gasteiger charge is 2.27. The Hall–Kier alpha value is -5.77. The molecule has 0 bridgehead atoms. The zero-order valence-corrected chi connectivity index (χ0v) is 38.5. The van der Waals surface area contributed by atoms with Gasteiger partial charge in [0.15, 0.2) is 28.2 Å². The van der Waals surface area contributed by atoms with Gasteiger partial charge in [-0.2, -0.15) is 14.4 Å². The number of halogens is 4. The van der Waals surface area contributed by atoms with Crippen LogP contribution in [-0.2, 0) is 7.05 Å². The summed E-state index contributed by atoms with van der Waals surface area (Å²) in [7, 11) is 4.78. The van der Waals surface area contributed by atoms with E-state index in [2.05, 4.69) is 56.4 Å². The predicted molar refractivity (Wildman–Crippen MR) is 249 cm³/mol. The first-order valence-electron chi connectivity index (χ1n) is 20.2. The molecule has 4 heterocycles. The number of ether oxygens (including phenoxy) is 4. The van der Waals surface area contributed by atoms with E-state index in [9.17, 15) is 24.1 Å². The number of aliphatic hydroxyl groups excluding tert-OH is 2. The first-order valence-corrected chi connectivity index (χ1v) is 22.3. The first-order chi connectivity index (χ1) is 31.4. The van der Waals surface area contributed by atoms with Crippen molar-refractivity contribution >= 4 is 84.0 Å². The number of fused-ring (bicyclic) bond motifs is 2. The number of imidazole rings is 1. The van der Waals surface area contributed by atoms with E-state index in [0.717, 1.165) is 31.1 Å². The molecule has 0 aliphatic carbocycles. The van der Waals surface area contributed by atoms with E-state index in [1.54, 1.807) is 42.6 Å². The molecule has 5 N–H and O–H groups in total. The van der Waals surface area contributed by atoms with Crippen molar-refractivity contribution in [3.05, 3.63) is 101 Å². The Morgan fingerprint density at radius 1 is 0.892 bits per heavy atom. The van der Waals surface area contributed by atoms with Gasteiger partial charge in [0.1, 0.15) is 53.6 Å². The number of para-hydroxylation sites is 1. The fraction of sp³-hybridized carbons (Fsp3) is 0.295. The van der Waals surface area contributed by atoms with Crippen LogP contribution in [0.4, 0.5) is 31.7 Å². The lowest BCUT2D eigenvalue weighted by Crippen LogP contribution is -2.33. The molecular formula is C44H45BrClF2N9O7S. The van der Waals surface area contributed by atoms with E-state index in [1.165, 1.54) is 38.4 Å². The number of hydrogen-bond acceptors (Lipinski definition) is 16. The summed E-state index contributed by atoms with van der Waals surface area (Å²) >= 11 is 10.8. The number of aliphatic hydroxyl groups is 2. The number of β-amino-alcohol motifs (C(OH)–C–C–N with tert-alkyl or cyclic N) is 1. The number of aromatic hydroxyl groups is 1. The number of phenolic OH excluding ortho intramolecular Hbond substituents is 1. The molecule has 0 saturated carbocycles. The van der Waals surface area contributed by atoms with Gasteiger partial charge in [0.05, 0.1) is 36.9 Å². The number of thioether (sulfide) groups is 1. The van der Waals surface area contributed by atoms with Crippen LogP contribution in [0.15, 0.2) is 89.0 Å². The number of aryl methyl sites for hydroxylation is 1. The predicted octanol–water partition coefficient (Wildman–Crippen LogP) is 8.26. The molecule has 2 atom stereocenters. The molecule has 21 heteroatoms. The van der Waals surface area contributed by atoms with Gasteiger partial charge in [0, 0.05) is 53.4 Å². The maximum absolute atomic E-state index is 14.3. The van der Waals surface area contributed by atoms with Gasteiger partial charge in [-0.25, -0.2) is 19.3 Å². The molecule has 1 saturated heterocycles. The lowest BCUT2D eigenvalue weighted by molar-refractivity contribution is 0.0749. The van der Waals surface area contributed by atoms with Crippen molar-refractivity contribution < 1.29 is 43.0 Å². The summed E-state index contributed by atoms with van der Waals surface area (Å²) in [5.41, 5.74) is 1.79. The molecule has 65 heavy (non-hydrogen) atoms. The largest absolute Gasteiger partial charge is 0.504 e. The smallest absolute Gasteiger partial charge is 0.310 e. The Labute approximate surface area is 390 Å². The summed E-state index contributed by atoms with van der Waals surface area (Å²) in [6.45, 7) is 2.34. The quantitative estimate of drug-likeness (QED) is 0.0253. The zero-order valence-electron chi connectivity index (χ0n) is 35.3. The van der Waals surface area contributed by atoms with E-state index in [1.807, 2.05) is 36.0 Å². The Morgan fingerprint density at radius 3 is 2.37 bits per heavy atom. The van der Waals surface area contributed by atoms with Crippen molar-refractivity contribution in [2.45, 2.75) is 30.2 Å². The van der Waals surface area contributed by atoms with Crippen molar-refractivity contribution in [2.75, 3.05) is 63.5 Å². The number of aromatic nitrogens is 6. The van der Waals surface area contributed by atoms with Crippen molar-refractivity contribution in [3.63, 3.8) is 0 Å². The average Bonchev–Trinajstić information content (AvgIpc) is 3.97. The van der Waals surface area contributed by atoms with E-state index in [4.69, 9.17) is 30.5 Å². The minimum Gasteiger partial charge on any atom is -0.504 e. The standard InChI is InChI=1S/C22H21BrFN5O3S.C22H24ClFN4O4/c1-29-6-5-25-22(29)33-11-14(30)10-32-20-9-18-15(8-19(20)31-2)21(27-12-26-18)28-17-4-3-13(23)7-16(17)24;1-31-20-18(30)15-16(26-22(24)27-21(15)23)17(25-13-7-3-2-4-8-13)19(20)32-12-14(29)11-28-9-5-6-10-28/h3-9,12,14,30H,10-11H2,1-2H3,(H,26,27,28);2-4,7-8,14,25,29-30H,5-6,9-12H2,1H3. The Balaban J connectivity index is 0.000000194. The van der Waals surface area contributed by atoms with Crippen LogP contribution >= 0.6 is 39.3 Å². The SMILES string of the molecule is COc1c(OCC(O)CN2CCCC2)c(Nc2ccccc2)c2nc(F)nc(Cl)c2c1O.COc1cc2c(Nc3ccc(Br)cc3F)ncnc2cc1OCC(O)CSc1nccn1C. The normalized spacial score (nSPS) is 13.6. The lowest BCUT2D eigenvalue weighted by atomic mass is 10.1. The number of benzene rings is 4. The first kappa shape index (κ1) is 47.2. The van der Waals surface area contributed by atoms with Crippen LogP contribution in [-0.4, -0.2) is 115 Å². The topological polar surface area (TPSA) is 194 Å². The van der Waals surface area contributed by atoms with Gasteiger partial charge in [0.2, 0.25) is 5.75 Å². The minimum absolute atomic E-state index is 0.0216. The van der Waals surface area contributed by atoms with Crippen molar-refractivity contribution in [3.8, 4) is 28.7 Å². The highest BCUT2D eigenvalue weighted by Crippen LogP contribution is 2.51. The molecule has 3 aromatic heterocycles. The summed E-state index contributed by atoms with van der Waals surface area (Å²) in [6.07, 6.45) is 4.62. The second-order valence-electron chi connectivity index (χ2n) is 14.6. The zero-order chi connectivity index (χ0) is 46.0. The van der Waals surface area contributed by atoms with Gasteiger partial charge < -0.3 is 54.4 Å². The van der Waals surface area contributed by atoms with Gasteiger partial charge in [-0.1, -0.05) is 57.5 Å². The molecule has 2 unspecified atom stereocenters. The van der Waals surface area contributed by atoms with Gasteiger partial charge in [-0.3, -0.25) is 0 Å². The number of rotatable bonds is 17. The highest BCUT2D eigenvalue weighted by atomic mass is 79.9. The fourth-order valence-electron chi connectivity index (χ4n) is 6.90. The molecule has 4 aromatic carbocycles. The van der Waals surface area contributed by atoms with Gasteiger partial charge in [-0.15, -0.1) is 0 Å². The second-order valence-corrected chi connectivity index (χ2v) is 16.9. The van der Waals surface area contributed by atoms with Gasteiger partial charge in [0.25, 0.3) is 0 Å². The van der Waals surface area contributed by atoms with Gasteiger partial charge >= 0.3 is 6.08 Å². The van der Waals surface area contributed by atoms with Crippen LogP contribution in [0.1, 0.15) is 12.8 Å². The molecule has 342 valence electrons. The van der Waals surface area contributed by atoms with Crippen LogP contribution in [0.5, 0.6) is 28.7 Å². The highest BCUT2D eigenvalue weighted by molar-refractivity contribution is 9.10. The maximum Gasteiger partial charge on any atom is 0.310 e. The number of methoxy groups -OCH3 is 2. The number of anilines is 4. The van der Waals surface area contributed by atoms with E-state index in [-0.39, 0.29) is 57.9 Å². The number of likely N-dealkylation sites (tertiary alicyclic amines) is 1. The van der Waals surface area contributed by atoms with E-state index in [0.29, 0.717) is 50.7 Å². The fourth-order valence-corrected chi connectivity index (χ4v) is 8.31. The van der Waals surface area contributed by atoms with E-state index >= 15 is 0 Å². The molecule has 8 rings (SSSR count). The van der Waals surface area contributed by atoms with Gasteiger partial charge in [-0.05, 0) is 62.3 Å². The van der Waals surface area contributed by atoms with Crippen LogP contribution in [0.25, 0.3) is 21.8 Å². The second kappa shape index (κ2) is 21.9. The third-order valence-corrected chi connectivity index (χ3v) is 12.0. The summed E-state index contributed by atoms with van der Waals surface area (Å²) in [6, 6.07) is 17.3. The Kier molecular flexibility index (Phi) is 15.9. The summed E-state index contributed by atoms with van der Waals surface area (Å²) in [4.78, 5) is 22.3. The molecule has 1 fully saturated rings. The van der Waals surface area contributed by atoms with Crippen LogP contribution < -0.4 is 29.6 Å². The monoisotopic (exact) mass is 995 g/mol. The summed E-state index contributed by atoms with van der Waals surface area (Å²) < 4.78 is 53.5. The summed E-state index contributed by atoms with van der Waals surface area (Å²) in [5, 5.41) is 39.0. The summed E-state index contributed by atoms with van der Waals surface area (Å²) in [5.74, 6) is 0.993. The van der Waals surface area contributed by atoms with Crippen LogP contribution in [0.2, 0.25) is 5.15 Å². The minimum atomic E-state index is -1.05. The van der Waals surface area contributed by atoms with Crippen LogP contribution in [0, 0.1) is 11.9 Å². The number of nitrogens with one attached hydrogen (secondary N) is 2. The molecular weight excluding hydrogens is 952 g/mol. The van der Waals surface area contributed by atoms with Crippen molar-refractivity contribution in [2.24, 2.45) is 7.05 Å². The number of phenols is 1. The molecule has 7 aromatic rings. The average molecular weight is 997 g/mol. The molecule has 16 nitrogen and oxygen atoms in total. The molecule has 0 radical (unpaired) electrons. The lowest BCUT2D eigenvalue weighted by Gasteiger charge is -2.23. The molecule has 0 spiro atoms. The third kappa shape index (κ3) is 11.7.